The summed E-state index contributed by atoms with van der Waals surface area (Å²) in [6.07, 6.45) is 3.02. The fourth-order valence-corrected chi connectivity index (χ4v) is 4.79. The smallest absolute Gasteiger partial charge is 0.268 e. The molecule has 3 heterocycles. The molecule has 0 spiro atoms. The van der Waals surface area contributed by atoms with Gasteiger partial charge in [0.15, 0.2) is 5.09 Å². The fourth-order valence-electron chi connectivity index (χ4n) is 2.52. The molecule has 1 amide bonds. The first-order chi connectivity index (χ1) is 15.7. The van der Waals surface area contributed by atoms with Crippen molar-refractivity contribution in [1.29, 1.82) is 5.26 Å². The lowest BCUT2D eigenvalue weighted by atomic mass is 10.2. The van der Waals surface area contributed by atoms with Crippen molar-refractivity contribution in [1.82, 2.24) is 9.36 Å². The lowest BCUT2D eigenvalue weighted by Gasteiger charge is -1.99. The Morgan fingerprint density at radius 1 is 1.12 bits per heavy atom. The average Bonchev–Trinajstić information content (AvgIpc) is 3.58. The molecule has 32 heavy (non-hydrogen) atoms. The molecule has 0 radical (unpaired) electrons. The van der Waals surface area contributed by atoms with Crippen LogP contribution >= 0.6 is 35.1 Å². The van der Waals surface area contributed by atoms with Gasteiger partial charge in [-0.1, -0.05) is 53.9 Å². The number of nitriles is 1. The van der Waals surface area contributed by atoms with E-state index in [-0.39, 0.29) is 5.57 Å². The number of carbonyl (C=O) groups excluding carboxylic acids is 1. The summed E-state index contributed by atoms with van der Waals surface area (Å²) in [7, 11) is 0. The van der Waals surface area contributed by atoms with Gasteiger partial charge in [-0.15, -0.1) is 0 Å². The highest BCUT2D eigenvalue weighted by molar-refractivity contribution is 7.98. The van der Waals surface area contributed by atoms with Crippen LogP contribution < -0.4 is 5.32 Å². The molecule has 0 fully saturated rings. The largest absolute Gasteiger partial charge is 0.468 e. The van der Waals surface area contributed by atoms with E-state index in [1.807, 2.05) is 48.5 Å². The van der Waals surface area contributed by atoms with Crippen LogP contribution in [0.5, 0.6) is 0 Å². The van der Waals surface area contributed by atoms with Gasteiger partial charge in [-0.05, 0) is 29.8 Å². The molecule has 7 nitrogen and oxygen atoms in total. The van der Waals surface area contributed by atoms with Crippen LogP contribution in [0.25, 0.3) is 6.08 Å². The number of aromatic nitrogens is 2. The van der Waals surface area contributed by atoms with Crippen molar-refractivity contribution < 1.29 is 13.6 Å². The second-order valence-corrected chi connectivity index (χ2v) is 8.98. The minimum absolute atomic E-state index is 0.0874. The monoisotopic (exact) mass is 480 g/mol. The topological polar surface area (TPSA) is 105 Å². The number of nitrogens with zero attached hydrogens (tertiary/aromatic N) is 3. The molecule has 4 rings (SSSR count). The molecule has 0 aliphatic rings. The van der Waals surface area contributed by atoms with Crippen LogP contribution in [0.2, 0.25) is 0 Å². The molecular weight excluding hydrogens is 464 g/mol. The first-order valence-corrected chi connectivity index (χ1v) is 12.1. The third kappa shape index (κ3) is 6.13. The first kappa shape index (κ1) is 22.0. The van der Waals surface area contributed by atoms with Crippen LogP contribution in [0.1, 0.15) is 17.1 Å². The van der Waals surface area contributed by atoms with Crippen molar-refractivity contribution in [2.24, 2.45) is 0 Å². The normalized spacial score (nSPS) is 11.3. The van der Waals surface area contributed by atoms with Gasteiger partial charge in [-0.25, -0.2) is 0 Å². The second-order valence-electron chi connectivity index (χ2n) is 6.31. The number of hydrogen-bond donors (Lipinski definition) is 1. The highest BCUT2D eigenvalue weighted by Crippen LogP contribution is 2.27. The van der Waals surface area contributed by atoms with Gasteiger partial charge in [0, 0.05) is 23.4 Å². The van der Waals surface area contributed by atoms with Gasteiger partial charge in [0.2, 0.25) is 10.3 Å². The molecule has 4 aromatic rings. The van der Waals surface area contributed by atoms with Crippen LogP contribution in [0, 0.1) is 11.3 Å². The highest BCUT2D eigenvalue weighted by Gasteiger charge is 2.14. The van der Waals surface area contributed by atoms with Gasteiger partial charge in [-0.3, -0.25) is 10.1 Å². The molecule has 0 unspecified atom stereocenters. The maximum atomic E-state index is 12.5. The van der Waals surface area contributed by atoms with Gasteiger partial charge in [0.25, 0.3) is 5.91 Å². The summed E-state index contributed by atoms with van der Waals surface area (Å²) >= 11 is 4.01. The zero-order chi connectivity index (χ0) is 22.2. The third-order valence-corrected chi connectivity index (χ3v) is 6.63. The van der Waals surface area contributed by atoms with E-state index in [2.05, 4.69) is 14.7 Å². The Balaban J connectivity index is 1.33. The molecule has 0 aliphatic heterocycles. The maximum absolute atomic E-state index is 12.5. The number of thioether (sulfide) groups is 2. The molecule has 0 saturated heterocycles. The van der Waals surface area contributed by atoms with E-state index in [1.54, 1.807) is 18.4 Å². The van der Waals surface area contributed by atoms with E-state index >= 15 is 0 Å². The van der Waals surface area contributed by atoms with Crippen LogP contribution in [-0.2, 0) is 16.3 Å². The van der Waals surface area contributed by atoms with Gasteiger partial charge in [0.1, 0.15) is 23.2 Å². The summed E-state index contributed by atoms with van der Waals surface area (Å²) in [6.45, 7) is 0. The van der Waals surface area contributed by atoms with E-state index in [0.29, 0.717) is 26.9 Å². The van der Waals surface area contributed by atoms with Crippen molar-refractivity contribution in [2.45, 2.75) is 21.8 Å². The van der Waals surface area contributed by atoms with Gasteiger partial charge in [-0.2, -0.15) is 14.6 Å². The summed E-state index contributed by atoms with van der Waals surface area (Å²) in [5, 5.41) is 13.6. The Morgan fingerprint density at radius 3 is 2.78 bits per heavy atom. The van der Waals surface area contributed by atoms with Crippen LogP contribution in [0.4, 0.5) is 5.13 Å². The zero-order valence-corrected chi connectivity index (χ0v) is 19.0. The van der Waals surface area contributed by atoms with Crippen molar-refractivity contribution in [3.05, 3.63) is 83.5 Å². The Kier molecular flexibility index (Phi) is 7.45. The fraction of sp³-hybridized carbons (Fsp3) is 0.0909. The number of nitrogens with one attached hydrogen (secondary N) is 1. The quantitative estimate of drug-likeness (QED) is 0.181. The molecular formula is C22H16N4O3S3. The predicted molar refractivity (Wildman–Crippen MR) is 125 cm³/mol. The molecule has 1 N–H and O–H groups in total. The summed E-state index contributed by atoms with van der Waals surface area (Å²) in [4.78, 5) is 16.8. The van der Waals surface area contributed by atoms with Crippen LogP contribution in [0.3, 0.4) is 0 Å². The summed E-state index contributed by atoms with van der Waals surface area (Å²) < 4.78 is 15.2. The molecule has 0 bridgehead atoms. The second kappa shape index (κ2) is 10.9. The minimum atomic E-state index is -0.565. The standard InChI is InChI=1S/C22H16N4O3S3/c23-12-16(11-17-8-9-19(29-17)30-14-18-7-4-10-28-18)20(27)24-21-25-22(26-32-21)31-13-15-5-2-1-3-6-15/h1-11H,13-14H2,(H,24,25,26,27). The Hall–Kier alpha value is -3.26. The Labute approximate surface area is 196 Å². The number of benzene rings is 1. The van der Waals surface area contributed by atoms with Crippen molar-refractivity contribution >= 4 is 52.2 Å². The SMILES string of the molecule is N#CC(=Cc1ccc(SCc2ccco2)o1)C(=O)Nc1nc(SCc2ccccc2)ns1. The summed E-state index contributed by atoms with van der Waals surface area (Å²) in [5.74, 6) is 2.03. The molecule has 0 atom stereocenters. The van der Waals surface area contributed by atoms with E-state index < -0.39 is 5.91 Å². The predicted octanol–water partition coefficient (Wildman–Crippen LogP) is 5.85. The third-order valence-electron chi connectivity index (χ3n) is 4.03. The van der Waals surface area contributed by atoms with E-state index in [1.165, 1.54) is 29.6 Å². The molecule has 160 valence electrons. The highest BCUT2D eigenvalue weighted by atomic mass is 32.2. The van der Waals surface area contributed by atoms with E-state index in [4.69, 9.17) is 8.83 Å². The summed E-state index contributed by atoms with van der Waals surface area (Å²) in [6, 6.07) is 19.1. The number of amides is 1. The van der Waals surface area contributed by atoms with Crippen LogP contribution in [0.15, 0.2) is 85.5 Å². The van der Waals surface area contributed by atoms with E-state index in [9.17, 15) is 10.1 Å². The number of furan rings is 2. The van der Waals surface area contributed by atoms with Gasteiger partial charge < -0.3 is 8.83 Å². The molecule has 10 heteroatoms. The van der Waals surface area contributed by atoms with Gasteiger partial charge >= 0.3 is 0 Å². The summed E-state index contributed by atoms with van der Waals surface area (Å²) in [5.41, 5.74) is 1.07. The molecule has 3 aromatic heterocycles. The molecule has 0 aliphatic carbocycles. The Morgan fingerprint density at radius 2 is 2.00 bits per heavy atom. The number of anilines is 1. The average molecular weight is 481 g/mol. The number of hydrogen-bond acceptors (Lipinski definition) is 9. The molecule has 0 saturated carbocycles. The van der Waals surface area contributed by atoms with Crippen LogP contribution in [-0.4, -0.2) is 15.3 Å². The molecule has 1 aromatic carbocycles. The van der Waals surface area contributed by atoms with Crippen molar-refractivity contribution in [2.75, 3.05) is 5.32 Å². The van der Waals surface area contributed by atoms with Gasteiger partial charge in [0.05, 0.1) is 12.0 Å². The van der Waals surface area contributed by atoms with Crippen molar-refractivity contribution in [3.8, 4) is 6.07 Å². The lowest BCUT2D eigenvalue weighted by molar-refractivity contribution is -0.112. The first-order valence-electron chi connectivity index (χ1n) is 9.38. The maximum Gasteiger partial charge on any atom is 0.268 e. The lowest BCUT2D eigenvalue weighted by Crippen LogP contribution is -2.13. The Bertz CT molecular complexity index is 1240. The van der Waals surface area contributed by atoms with Crippen molar-refractivity contribution in [3.63, 3.8) is 0 Å². The zero-order valence-electron chi connectivity index (χ0n) is 16.6. The number of carbonyl (C=O) groups is 1. The van der Waals surface area contributed by atoms with E-state index in [0.717, 1.165) is 28.6 Å². The minimum Gasteiger partial charge on any atom is -0.468 e. The number of rotatable bonds is 9.